The molecule has 1 nitrogen and oxygen atoms in total. The Hall–Kier alpha value is -3.45. The number of fused-ring (bicyclic) bond motifs is 3. The van der Waals surface area contributed by atoms with Crippen LogP contribution in [0.15, 0.2) is 108 Å². The fraction of sp³-hybridized carbons (Fsp3) is 0.0741. The molecule has 0 fully saturated rings. The van der Waals surface area contributed by atoms with E-state index in [1.54, 1.807) is 0 Å². The first kappa shape index (κ1) is 16.7. The van der Waals surface area contributed by atoms with Crippen molar-refractivity contribution in [2.75, 3.05) is 0 Å². The molecule has 0 aromatic heterocycles. The third-order valence-electron chi connectivity index (χ3n) is 5.43. The summed E-state index contributed by atoms with van der Waals surface area (Å²) in [6.07, 6.45) is 0. The maximum absolute atomic E-state index is 5.26. The molecule has 4 aromatic carbocycles. The topological polar surface area (TPSA) is 12.4 Å². The Balaban J connectivity index is 1.87. The molecule has 1 heterocycles. The zero-order valence-corrected chi connectivity index (χ0v) is 15.8. The molecule has 0 amide bonds. The molecule has 1 aliphatic heterocycles. The Kier molecular flexibility index (Phi) is 4.14. The van der Waals surface area contributed by atoms with Crippen LogP contribution in [0.25, 0.3) is 11.1 Å². The van der Waals surface area contributed by atoms with Crippen molar-refractivity contribution >= 4 is 11.4 Å². The van der Waals surface area contributed by atoms with Crippen LogP contribution in [0.2, 0.25) is 0 Å². The number of aliphatic imine (C=N–C) groups is 1. The van der Waals surface area contributed by atoms with E-state index in [0.717, 1.165) is 11.4 Å². The zero-order chi connectivity index (χ0) is 18.9. The smallest absolute Gasteiger partial charge is 0.0714 e. The molecule has 0 aliphatic carbocycles. The molecule has 4 aromatic rings. The monoisotopic (exact) mass is 359 g/mol. The van der Waals surface area contributed by atoms with Gasteiger partial charge in [-0.1, -0.05) is 97.1 Å². The molecule has 1 heteroatoms. The van der Waals surface area contributed by atoms with Gasteiger partial charge in [0.15, 0.2) is 0 Å². The molecule has 1 atom stereocenters. The second-order valence-corrected chi connectivity index (χ2v) is 7.31. The molecule has 0 N–H and O–H groups in total. The normalized spacial score (nSPS) is 15.2. The zero-order valence-electron chi connectivity index (χ0n) is 15.8. The Morgan fingerprint density at radius 3 is 2.11 bits per heavy atom. The van der Waals surface area contributed by atoms with Gasteiger partial charge in [0.05, 0.1) is 17.3 Å². The van der Waals surface area contributed by atoms with Crippen molar-refractivity contribution in [1.82, 2.24) is 0 Å². The molecule has 1 aliphatic rings. The van der Waals surface area contributed by atoms with E-state index >= 15 is 0 Å². The fourth-order valence-electron chi connectivity index (χ4n) is 4.12. The summed E-state index contributed by atoms with van der Waals surface area (Å²) in [6, 6.07) is 36.6. The van der Waals surface area contributed by atoms with Gasteiger partial charge in [0, 0.05) is 5.56 Å². The minimum Gasteiger partial charge on any atom is -0.251 e. The summed E-state index contributed by atoms with van der Waals surface area (Å²) in [5.74, 6) is 0.0903. The Labute approximate surface area is 166 Å². The van der Waals surface area contributed by atoms with E-state index < -0.39 is 0 Å². The van der Waals surface area contributed by atoms with E-state index in [2.05, 4.69) is 110 Å². The van der Waals surface area contributed by atoms with Crippen LogP contribution in [0, 0.1) is 6.92 Å². The number of hydrogen-bond acceptors (Lipinski definition) is 1. The van der Waals surface area contributed by atoms with Crippen LogP contribution < -0.4 is 0 Å². The Morgan fingerprint density at radius 2 is 1.32 bits per heavy atom. The van der Waals surface area contributed by atoms with Crippen LogP contribution in [0.5, 0.6) is 0 Å². The van der Waals surface area contributed by atoms with E-state index in [1.807, 2.05) is 0 Å². The lowest BCUT2D eigenvalue weighted by Gasteiger charge is -2.21. The van der Waals surface area contributed by atoms with Gasteiger partial charge in [-0.25, -0.2) is 0 Å². The summed E-state index contributed by atoms with van der Waals surface area (Å²) in [4.78, 5) is 5.26. The SMILES string of the molecule is Cc1ccc2c(c1)N=C(c1ccccc1)[C@@H](c1ccccc1)c1ccccc1-2. The average molecular weight is 359 g/mol. The molecule has 0 spiro atoms. The molecule has 5 rings (SSSR count). The van der Waals surface area contributed by atoms with E-state index in [1.165, 1.54) is 33.4 Å². The highest BCUT2D eigenvalue weighted by Crippen LogP contribution is 2.43. The van der Waals surface area contributed by atoms with Crippen LogP contribution >= 0.6 is 0 Å². The first-order valence-electron chi connectivity index (χ1n) is 9.70. The molecule has 0 bridgehead atoms. The summed E-state index contributed by atoms with van der Waals surface area (Å²) in [5.41, 5.74) is 9.58. The molecular weight excluding hydrogens is 338 g/mol. The van der Waals surface area contributed by atoms with Crippen molar-refractivity contribution in [2.24, 2.45) is 4.99 Å². The van der Waals surface area contributed by atoms with E-state index in [4.69, 9.17) is 4.99 Å². The first-order chi connectivity index (χ1) is 13.8. The highest BCUT2D eigenvalue weighted by atomic mass is 14.8. The van der Waals surface area contributed by atoms with Crippen molar-refractivity contribution in [2.45, 2.75) is 12.8 Å². The van der Waals surface area contributed by atoms with Gasteiger partial charge in [0.25, 0.3) is 0 Å². The largest absolute Gasteiger partial charge is 0.251 e. The number of aryl methyl sites for hydroxylation is 1. The average Bonchev–Trinajstić information content (AvgIpc) is 2.89. The summed E-state index contributed by atoms with van der Waals surface area (Å²) >= 11 is 0. The summed E-state index contributed by atoms with van der Waals surface area (Å²) in [6.45, 7) is 2.13. The first-order valence-corrected chi connectivity index (χ1v) is 9.70. The third kappa shape index (κ3) is 2.86. The van der Waals surface area contributed by atoms with Gasteiger partial charge >= 0.3 is 0 Å². The van der Waals surface area contributed by atoms with Gasteiger partial charge in [-0.2, -0.15) is 0 Å². The van der Waals surface area contributed by atoms with Crippen molar-refractivity contribution in [3.8, 4) is 11.1 Å². The number of rotatable bonds is 2. The lowest BCUT2D eigenvalue weighted by atomic mass is 9.81. The highest BCUT2D eigenvalue weighted by Gasteiger charge is 2.28. The van der Waals surface area contributed by atoms with Crippen molar-refractivity contribution in [3.63, 3.8) is 0 Å². The van der Waals surface area contributed by atoms with E-state index in [0.29, 0.717) is 0 Å². The second kappa shape index (κ2) is 6.94. The van der Waals surface area contributed by atoms with Gasteiger partial charge in [0.1, 0.15) is 0 Å². The van der Waals surface area contributed by atoms with E-state index in [9.17, 15) is 0 Å². The Bertz CT molecular complexity index is 1160. The summed E-state index contributed by atoms with van der Waals surface area (Å²) in [5, 5.41) is 0. The van der Waals surface area contributed by atoms with Gasteiger partial charge in [-0.05, 0) is 40.8 Å². The third-order valence-corrected chi connectivity index (χ3v) is 5.43. The fourth-order valence-corrected chi connectivity index (χ4v) is 4.12. The number of hydrogen-bond donors (Lipinski definition) is 0. The van der Waals surface area contributed by atoms with Crippen LogP contribution in [0.3, 0.4) is 0 Å². The predicted octanol–water partition coefficient (Wildman–Crippen LogP) is 6.93. The van der Waals surface area contributed by atoms with Crippen LogP contribution in [-0.2, 0) is 0 Å². The maximum atomic E-state index is 5.26. The van der Waals surface area contributed by atoms with E-state index in [-0.39, 0.29) is 5.92 Å². The summed E-state index contributed by atoms with van der Waals surface area (Å²) < 4.78 is 0. The molecule has 28 heavy (non-hydrogen) atoms. The second-order valence-electron chi connectivity index (χ2n) is 7.31. The van der Waals surface area contributed by atoms with Crippen LogP contribution in [0.1, 0.15) is 28.2 Å². The lowest BCUT2D eigenvalue weighted by molar-refractivity contribution is 1.08. The van der Waals surface area contributed by atoms with Crippen molar-refractivity contribution < 1.29 is 0 Å². The van der Waals surface area contributed by atoms with Gasteiger partial charge in [0.2, 0.25) is 0 Å². The Morgan fingerprint density at radius 1 is 0.643 bits per heavy atom. The van der Waals surface area contributed by atoms with Crippen LogP contribution in [0.4, 0.5) is 5.69 Å². The van der Waals surface area contributed by atoms with Crippen molar-refractivity contribution in [1.29, 1.82) is 0 Å². The standard InChI is InChI=1S/C27H21N/c1-19-16-17-23-22-14-8-9-15-24(22)26(20-10-4-2-5-11-20)27(28-25(23)18-19)21-12-6-3-7-13-21/h2-18,26H,1H3/t26-/m0/s1. The van der Waals surface area contributed by atoms with Gasteiger partial charge in [-0.15, -0.1) is 0 Å². The molecule has 134 valence electrons. The summed E-state index contributed by atoms with van der Waals surface area (Å²) in [7, 11) is 0. The quantitative estimate of drug-likeness (QED) is 0.368. The predicted molar refractivity (Wildman–Crippen MR) is 118 cm³/mol. The lowest BCUT2D eigenvalue weighted by Crippen LogP contribution is -2.15. The minimum atomic E-state index is 0.0903. The highest BCUT2D eigenvalue weighted by molar-refractivity contribution is 6.11. The molecule has 0 saturated heterocycles. The van der Waals surface area contributed by atoms with Gasteiger partial charge < -0.3 is 0 Å². The molecule has 0 saturated carbocycles. The molecule has 0 radical (unpaired) electrons. The number of benzene rings is 4. The van der Waals surface area contributed by atoms with Crippen LogP contribution in [-0.4, -0.2) is 5.71 Å². The molecule has 0 unspecified atom stereocenters. The molecular formula is C27H21N. The minimum absolute atomic E-state index is 0.0903. The van der Waals surface area contributed by atoms with Crippen molar-refractivity contribution in [3.05, 3.63) is 125 Å². The maximum Gasteiger partial charge on any atom is 0.0714 e. The number of nitrogens with zero attached hydrogens (tertiary/aromatic N) is 1. The van der Waals surface area contributed by atoms with Gasteiger partial charge in [-0.3, -0.25) is 4.99 Å².